The number of esters is 1. The lowest BCUT2D eigenvalue weighted by molar-refractivity contribution is -0.140. The second kappa shape index (κ2) is 15.3. The van der Waals surface area contributed by atoms with E-state index in [0.29, 0.717) is 42.7 Å². The van der Waals surface area contributed by atoms with Crippen molar-refractivity contribution < 1.29 is 34.1 Å². The Labute approximate surface area is 296 Å². The van der Waals surface area contributed by atoms with Crippen molar-refractivity contribution in [3.05, 3.63) is 107 Å². The Morgan fingerprint density at radius 2 is 1.84 bits per heavy atom. The summed E-state index contributed by atoms with van der Waals surface area (Å²) in [6, 6.07) is 20.4. The number of benzene rings is 3. The standard InChI is InChI=1S/C40H44N4O7/c1-26(10-9-15-37(47)44-24-28-12-4-3-11-27(28)20-31(44)25-45)40(50)33-22-30(42-36(46)21-29-23-41-34-14-6-5-13-32(29)34)17-18-35(33)43(39(40)49)19-8-7-16-38(48)51-2/h3-6,9-14,17-18,22-23,26,31,41,45,50H,7-8,15-16,19-21,24-25H2,1-2H3,(H,42,46)/b10-9+/t26-,31+,40+/m1/s1. The molecule has 3 aromatic carbocycles. The molecule has 51 heavy (non-hydrogen) atoms. The van der Waals surface area contributed by atoms with Crippen LogP contribution in [-0.4, -0.2) is 70.1 Å². The van der Waals surface area contributed by atoms with Crippen LogP contribution in [0.25, 0.3) is 10.9 Å². The van der Waals surface area contributed by atoms with Crippen molar-refractivity contribution in [3.63, 3.8) is 0 Å². The van der Waals surface area contributed by atoms with Gasteiger partial charge in [0.15, 0.2) is 5.60 Å². The van der Waals surface area contributed by atoms with Crippen molar-refractivity contribution in [1.29, 1.82) is 0 Å². The molecule has 0 fully saturated rings. The summed E-state index contributed by atoms with van der Waals surface area (Å²) >= 11 is 0. The first kappa shape index (κ1) is 35.6. The molecular weight excluding hydrogens is 648 g/mol. The topological polar surface area (TPSA) is 152 Å². The minimum Gasteiger partial charge on any atom is -0.469 e. The number of hydrogen-bond acceptors (Lipinski definition) is 7. The van der Waals surface area contributed by atoms with Crippen LogP contribution < -0.4 is 10.2 Å². The lowest BCUT2D eigenvalue weighted by Crippen LogP contribution is -2.46. The molecule has 0 unspecified atom stereocenters. The second-order valence-electron chi connectivity index (χ2n) is 13.3. The number of amides is 3. The summed E-state index contributed by atoms with van der Waals surface area (Å²) in [4.78, 5) is 58.7. The predicted octanol–water partition coefficient (Wildman–Crippen LogP) is 4.75. The molecule has 3 heterocycles. The van der Waals surface area contributed by atoms with Gasteiger partial charge in [0.1, 0.15) is 0 Å². The highest BCUT2D eigenvalue weighted by atomic mass is 16.5. The highest BCUT2D eigenvalue weighted by Gasteiger charge is 2.52. The van der Waals surface area contributed by atoms with Crippen LogP contribution in [0.2, 0.25) is 0 Å². The van der Waals surface area contributed by atoms with Gasteiger partial charge in [-0.05, 0) is 60.2 Å². The van der Waals surface area contributed by atoms with Crippen molar-refractivity contribution in [2.24, 2.45) is 5.92 Å². The van der Waals surface area contributed by atoms with Crippen LogP contribution in [0.3, 0.4) is 0 Å². The number of hydrogen-bond donors (Lipinski definition) is 4. The van der Waals surface area contributed by atoms with Crippen LogP contribution in [0.5, 0.6) is 0 Å². The maximum Gasteiger partial charge on any atom is 0.305 e. The van der Waals surface area contributed by atoms with E-state index in [1.165, 1.54) is 12.0 Å². The summed E-state index contributed by atoms with van der Waals surface area (Å²) in [7, 11) is 1.33. The number of aliphatic hydroxyl groups is 2. The first-order valence-corrected chi connectivity index (χ1v) is 17.4. The zero-order chi connectivity index (χ0) is 36.1. The average Bonchev–Trinajstić information content (AvgIpc) is 3.64. The number of nitrogens with one attached hydrogen (secondary N) is 2. The second-order valence-corrected chi connectivity index (χ2v) is 13.3. The molecule has 3 amide bonds. The molecule has 0 saturated carbocycles. The lowest BCUT2D eigenvalue weighted by Gasteiger charge is -2.36. The van der Waals surface area contributed by atoms with E-state index in [9.17, 15) is 29.4 Å². The fraction of sp³-hybridized carbons (Fsp3) is 0.350. The van der Waals surface area contributed by atoms with E-state index in [-0.39, 0.29) is 56.2 Å². The van der Waals surface area contributed by atoms with E-state index in [1.54, 1.807) is 42.2 Å². The Balaban J connectivity index is 1.20. The van der Waals surface area contributed by atoms with E-state index in [0.717, 1.165) is 27.6 Å². The maximum absolute atomic E-state index is 14.1. The number of methoxy groups -OCH3 is 1. The molecule has 0 bridgehead atoms. The first-order valence-electron chi connectivity index (χ1n) is 17.4. The molecule has 4 N–H and O–H groups in total. The van der Waals surface area contributed by atoms with E-state index in [2.05, 4.69) is 10.3 Å². The molecule has 0 aliphatic carbocycles. The minimum absolute atomic E-state index is 0.0291. The predicted molar refractivity (Wildman–Crippen MR) is 194 cm³/mol. The van der Waals surface area contributed by atoms with Gasteiger partial charge < -0.3 is 35.1 Å². The number of unbranched alkanes of at least 4 members (excludes halogenated alkanes) is 1. The highest BCUT2D eigenvalue weighted by Crippen LogP contribution is 2.46. The molecule has 0 spiro atoms. The van der Waals surface area contributed by atoms with Crippen molar-refractivity contribution >= 4 is 46.0 Å². The van der Waals surface area contributed by atoms with Crippen molar-refractivity contribution in [2.75, 3.05) is 30.5 Å². The molecule has 2 aliphatic heterocycles. The highest BCUT2D eigenvalue weighted by molar-refractivity contribution is 6.08. The van der Waals surface area contributed by atoms with Gasteiger partial charge in [-0.1, -0.05) is 61.5 Å². The first-order chi connectivity index (χ1) is 24.6. The number of rotatable bonds is 13. The summed E-state index contributed by atoms with van der Waals surface area (Å²) < 4.78 is 4.74. The van der Waals surface area contributed by atoms with Crippen molar-refractivity contribution in [2.45, 2.75) is 63.6 Å². The van der Waals surface area contributed by atoms with Gasteiger partial charge >= 0.3 is 5.97 Å². The summed E-state index contributed by atoms with van der Waals surface area (Å²) in [6.07, 6.45) is 7.10. The van der Waals surface area contributed by atoms with Crippen LogP contribution in [0, 0.1) is 5.92 Å². The third-order valence-corrected chi connectivity index (χ3v) is 10.1. The molecule has 2 aliphatic rings. The van der Waals surface area contributed by atoms with Crippen LogP contribution in [0.4, 0.5) is 11.4 Å². The van der Waals surface area contributed by atoms with Gasteiger partial charge in [0.05, 0.1) is 31.9 Å². The normalized spacial score (nSPS) is 18.9. The summed E-state index contributed by atoms with van der Waals surface area (Å²) in [5.41, 5.74) is 3.27. The van der Waals surface area contributed by atoms with E-state index >= 15 is 0 Å². The Morgan fingerprint density at radius 1 is 1.08 bits per heavy atom. The third kappa shape index (κ3) is 7.31. The van der Waals surface area contributed by atoms with Crippen LogP contribution in [0.15, 0.2) is 85.1 Å². The molecule has 266 valence electrons. The van der Waals surface area contributed by atoms with Gasteiger partial charge in [-0.25, -0.2) is 0 Å². The number of fused-ring (bicyclic) bond motifs is 3. The Kier molecular flexibility index (Phi) is 10.7. The van der Waals surface area contributed by atoms with Crippen LogP contribution in [0.1, 0.15) is 54.9 Å². The molecule has 11 heteroatoms. The number of para-hydroxylation sites is 1. The molecule has 0 radical (unpaired) electrons. The third-order valence-electron chi connectivity index (χ3n) is 10.1. The summed E-state index contributed by atoms with van der Waals surface area (Å²) in [6.45, 7) is 2.24. The van der Waals surface area contributed by atoms with Gasteiger partial charge in [-0.2, -0.15) is 0 Å². The molecule has 3 atom stereocenters. The fourth-order valence-electron chi connectivity index (χ4n) is 7.22. The quantitative estimate of drug-likeness (QED) is 0.0897. The van der Waals surface area contributed by atoms with Crippen LogP contribution in [-0.2, 0) is 48.9 Å². The van der Waals surface area contributed by atoms with Gasteiger partial charge in [0, 0.05) is 60.2 Å². The summed E-state index contributed by atoms with van der Waals surface area (Å²) in [5.74, 6) is -2.01. The number of ether oxygens (including phenoxy) is 1. The van der Waals surface area contributed by atoms with Gasteiger partial charge in [-0.3, -0.25) is 19.2 Å². The Hall–Kier alpha value is -5.26. The molecule has 4 aromatic rings. The molecule has 11 nitrogen and oxygen atoms in total. The lowest BCUT2D eigenvalue weighted by atomic mass is 9.82. The van der Waals surface area contributed by atoms with Crippen LogP contribution >= 0.6 is 0 Å². The zero-order valence-electron chi connectivity index (χ0n) is 28.9. The SMILES string of the molecule is COC(=O)CCCCN1C(=O)[C@](O)([C@H](C)/C=C/CC(=O)N2Cc3ccccc3C[C@H]2CO)c2cc(NC(=O)Cc3c[nH]c4ccccc34)ccc21. The van der Waals surface area contributed by atoms with Crippen molar-refractivity contribution in [1.82, 2.24) is 9.88 Å². The number of carbonyl (C=O) groups is 4. The average molecular weight is 693 g/mol. The van der Waals surface area contributed by atoms with Gasteiger partial charge in [0.25, 0.3) is 5.91 Å². The molecule has 1 aromatic heterocycles. The molecule has 0 saturated heterocycles. The van der Waals surface area contributed by atoms with E-state index < -0.39 is 17.4 Å². The van der Waals surface area contributed by atoms with Gasteiger partial charge in [-0.15, -0.1) is 0 Å². The number of nitrogens with zero attached hydrogens (tertiary/aromatic N) is 2. The molecule has 6 rings (SSSR count). The number of aromatic nitrogens is 1. The van der Waals surface area contributed by atoms with Gasteiger partial charge in [0.2, 0.25) is 11.8 Å². The number of carbonyl (C=O) groups excluding carboxylic acids is 4. The maximum atomic E-state index is 14.1. The number of anilines is 2. The number of aliphatic hydroxyl groups excluding tert-OH is 1. The Morgan fingerprint density at radius 3 is 2.63 bits per heavy atom. The molecular formula is C40H44N4O7. The van der Waals surface area contributed by atoms with Crippen molar-refractivity contribution in [3.8, 4) is 0 Å². The summed E-state index contributed by atoms with van der Waals surface area (Å²) in [5, 5.41) is 26.2. The Bertz CT molecular complexity index is 1970. The van der Waals surface area contributed by atoms with E-state index in [1.807, 2.05) is 54.7 Å². The monoisotopic (exact) mass is 692 g/mol. The number of H-pyrrole nitrogens is 1. The fourth-order valence-corrected chi connectivity index (χ4v) is 7.22. The zero-order valence-corrected chi connectivity index (χ0v) is 28.9. The number of aromatic amines is 1. The van der Waals surface area contributed by atoms with E-state index in [4.69, 9.17) is 4.74 Å². The minimum atomic E-state index is -1.98. The smallest absolute Gasteiger partial charge is 0.305 e. The largest absolute Gasteiger partial charge is 0.469 e.